The highest BCUT2D eigenvalue weighted by Gasteiger charge is 2.16. The maximum Gasteiger partial charge on any atom is 0.275 e. The smallest absolute Gasteiger partial charge is 0.275 e. The Labute approximate surface area is 120 Å². The van der Waals surface area contributed by atoms with Crippen LogP contribution in [0.15, 0.2) is 16.4 Å². The monoisotopic (exact) mass is 295 g/mol. The fourth-order valence-electron chi connectivity index (χ4n) is 2.31. The molecule has 3 rings (SSSR count). The first-order chi connectivity index (χ1) is 9.72. The Bertz CT molecular complexity index is 634. The normalized spacial score (nSPS) is 19.8. The molecule has 0 bridgehead atoms. The van der Waals surface area contributed by atoms with Gasteiger partial charge in [-0.1, -0.05) is 11.3 Å². The molecule has 1 aliphatic heterocycles. The number of likely N-dealkylation sites (N-methyl/N-ethyl adjacent to an activating group) is 1. The predicted molar refractivity (Wildman–Crippen MR) is 76.1 cm³/mol. The van der Waals surface area contributed by atoms with Crippen molar-refractivity contribution in [1.29, 1.82) is 0 Å². The van der Waals surface area contributed by atoms with E-state index in [-0.39, 0.29) is 11.7 Å². The predicted octanol–water partition coefficient (Wildman–Crippen LogP) is -0.429. The van der Waals surface area contributed by atoms with Crippen molar-refractivity contribution < 1.29 is 4.74 Å². The molecule has 2 aromatic heterocycles. The summed E-state index contributed by atoms with van der Waals surface area (Å²) in [4.78, 5) is 19.1. The Hall–Kier alpha value is -1.35. The van der Waals surface area contributed by atoms with E-state index < -0.39 is 0 Å². The lowest BCUT2D eigenvalue weighted by atomic mass is 10.2. The molecule has 0 saturated carbocycles. The Kier molecular flexibility index (Phi) is 4.06. The molecule has 3 heterocycles. The molecule has 7 nitrogen and oxygen atoms in total. The summed E-state index contributed by atoms with van der Waals surface area (Å²) in [6.07, 6.45) is 0.196. The first-order valence-electron chi connectivity index (χ1n) is 6.56. The van der Waals surface area contributed by atoms with E-state index in [1.807, 2.05) is 7.05 Å². The highest BCUT2D eigenvalue weighted by molar-refractivity contribution is 7.14. The van der Waals surface area contributed by atoms with Crippen LogP contribution in [0.1, 0.15) is 5.69 Å². The van der Waals surface area contributed by atoms with Gasteiger partial charge in [0.2, 0.25) is 4.96 Å². The molecular formula is C12H17N5O2S. The fourth-order valence-corrected chi connectivity index (χ4v) is 2.95. The molecule has 0 aliphatic carbocycles. The summed E-state index contributed by atoms with van der Waals surface area (Å²) in [6.45, 7) is 3.99. The number of nitrogens with zero attached hydrogens (tertiary/aromatic N) is 4. The molecule has 1 aliphatic rings. The zero-order valence-electron chi connectivity index (χ0n) is 11.3. The third-order valence-corrected chi connectivity index (χ3v) is 3.87. The van der Waals surface area contributed by atoms with Gasteiger partial charge in [-0.2, -0.15) is 9.61 Å². The maximum absolute atomic E-state index is 11.8. The summed E-state index contributed by atoms with van der Waals surface area (Å²) in [5, 5.41) is 7.26. The molecule has 1 atom stereocenters. The third-order valence-electron chi connectivity index (χ3n) is 3.19. The summed E-state index contributed by atoms with van der Waals surface area (Å²) in [5.74, 6) is 0. The average Bonchev–Trinajstić information content (AvgIpc) is 2.88. The van der Waals surface area contributed by atoms with Crippen LogP contribution in [-0.4, -0.2) is 58.9 Å². The van der Waals surface area contributed by atoms with Crippen LogP contribution < -0.4 is 10.9 Å². The third kappa shape index (κ3) is 3.04. The second kappa shape index (κ2) is 5.96. The highest BCUT2D eigenvalue weighted by Crippen LogP contribution is 2.06. The average molecular weight is 295 g/mol. The van der Waals surface area contributed by atoms with Crippen LogP contribution in [0.25, 0.3) is 4.96 Å². The van der Waals surface area contributed by atoms with Gasteiger partial charge >= 0.3 is 0 Å². The van der Waals surface area contributed by atoms with Gasteiger partial charge in [-0.25, -0.2) is 4.98 Å². The summed E-state index contributed by atoms with van der Waals surface area (Å²) in [5.41, 5.74) is 2.26. The van der Waals surface area contributed by atoms with Crippen molar-refractivity contribution in [2.75, 3.05) is 33.3 Å². The quantitative estimate of drug-likeness (QED) is 0.825. The minimum absolute atomic E-state index is 0.129. The van der Waals surface area contributed by atoms with E-state index in [4.69, 9.17) is 4.74 Å². The molecule has 108 valence electrons. The second-order valence-electron chi connectivity index (χ2n) is 4.91. The Morgan fingerprint density at radius 3 is 3.35 bits per heavy atom. The number of hydrogen-bond donors (Lipinski definition) is 1. The molecule has 0 amide bonds. The van der Waals surface area contributed by atoms with Crippen LogP contribution in [0.4, 0.5) is 0 Å². The number of ether oxygens (including phenoxy) is 1. The summed E-state index contributed by atoms with van der Waals surface area (Å²) >= 11 is 1.37. The van der Waals surface area contributed by atoms with Gasteiger partial charge in [0.15, 0.2) is 0 Å². The molecule has 2 aromatic rings. The van der Waals surface area contributed by atoms with Crippen LogP contribution >= 0.6 is 11.3 Å². The molecule has 0 aromatic carbocycles. The van der Waals surface area contributed by atoms with Gasteiger partial charge in [0.1, 0.15) is 5.51 Å². The van der Waals surface area contributed by atoms with E-state index in [9.17, 15) is 4.79 Å². The molecule has 0 radical (unpaired) electrons. The standard InChI is InChI=1S/C12H17N5O2S/c1-16(7-10-5-13-2-3-19-10)6-9-4-11(18)17-12(15-9)20-8-14-17/h4,8,10,13H,2-3,5-7H2,1H3. The maximum atomic E-state index is 11.8. The zero-order valence-corrected chi connectivity index (χ0v) is 12.1. The lowest BCUT2D eigenvalue weighted by Crippen LogP contribution is -2.44. The van der Waals surface area contributed by atoms with E-state index in [1.165, 1.54) is 15.9 Å². The van der Waals surface area contributed by atoms with Crippen molar-refractivity contribution in [3.8, 4) is 0 Å². The van der Waals surface area contributed by atoms with Crippen molar-refractivity contribution in [3.05, 3.63) is 27.6 Å². The van der Waals surface area contributed by atoms with Gasteiger partial charge in [-0.15, -0.1) is 0 Å². The first-order valence-corrected chi connectivity index (χ1v) is 7.43. The van der Waals surface area contributed by atoms with Gasteiger partial charge in [0.25, 0.3) is 5.56 Å². The minimum Gasteiger partial charge on any atom is -0.374 e. The van der Waals surface area contributed by atoms with Crippen molar-refractivity contribution in [3.63, 3.8) is 0 Å². The Balaban J connectivity index is 1.67. The van der Waals surface area contributed by atoms with E-state index in [0.717, 1.165) is 31.9 Å². The Morgan fingerprint density at radius 2 is 2.55 bits per heavy atom. The highest BCUT2D eigenvalue weighted by atomic mass is 32.1. The van der Waals surface area contributed by atoms with Crippen molar-refractivity contribution in [1.82, 2.24) is 24.8 Å². The van der Waals surface area contributed by atoms with Crippen LogP contribution in [0.3, 0.4) is 0 Å². The molecule has 20 heavy (non-hydrogen) atoms. The van der Waals surface area contributed by atoms with Crippen molar-refractivity contribution >= 4 is 16.3 Å². The number of rotatable bonds is 4. The molecule has 1 saturated heterocycles. The van der Waals surface area contributed by atoms with Gasteiger partial charge in [-0.3, -0.25) is 9.69 Å². The summed E-state index contributed by atoms with van der Waals surface area (Å²) < 4.78 is 6.99. The number of morpholine rings is 1. The van der Waals surface area contributed by atoms with E-state index in [1.54, 1.807) is 11.6 Å². The molecule has 1 N–H and O–H groups in total. The number of nitrogens with one attached hydrogen (secondary N) is 1. The lowest BCUT2D eigenvalue weighted by molar-refractivity contribution is 0.00868. The van der Waals surface area contributed by atoms with Crippen LogP contribution in [-0.2, 0) is 11.3 Å². The van der Waals surface area contributed by atoms with Crippen LogP contribution in [0.2, 0.25) is 0 Å². The van der Waals surface area contributed by atoms with Gasteiger partial charge in [-0.05, 0) is 7.05 Å². The molecule has 8 heteroatoms. The number of aromatic nitrogens is 3. The van der Waals surface area contributed by atoms with E-state index in [2.05, 4.69) is 20.3 Å². The van der Waals surface area contributed by atoms with Crippen molar-refractivity contribution in [2.45, 2.75) is 12.6 Å². The van der Waals surface area contributed by atoms with Crippen LogP contribution in [0, 0.1) is 0 Å². The summed E-state index contributed by atoms with van der Waals surface area (Å²) in [7, 11) is 2.01. The Morgan fingerprint density at radius 1 is 1.65 bits per heavy atom. The fraction of sp³-hybridized carbons (Fsp3) is 0.583. The zero-order chi connectivity index (χ0) is 13.9. The van der Waals surface area contributed by atoms with Crippen LogP contribution in [0.5, 0.6) is 0 Å². The molecule has 0 spiro atoms. The SMILES string of the molecule is CN(Cc1cc(=O)n2ncsc2n1)CC1CNCCO1. The summed E-state index contributed by atoms with van der Waals surface area (Å²) in [6, 6.07) is 1.54. The largest absolute Gasteiger partial charge is 0.374 e. The van der Waals surface area contributed by atoms with Crippen molar-refractivity contribution in [2.24, 2.45) is 0 Å². The van der Waals surface area contributed by atoms with Gasteiger partial charge in [0.05, 0.1) is 18.4 Å². The topological polar surface area (TPSA) is 71.8 Å². The second-order valence-corrected chi connectivity index (χ2v) is 5.72. The number of fused-ring (bicyclic) bond motifs is 1. The minimum atomic E-state index is -0.129. The van der Waals surface area contributed by atoms with E-state index >= 15 is 0 Å². The van der Waals surface area contributed by atoms with Gasteiger partial charge in [0, 0.05) is 32.2 Å². The lowest BCUT2D eigenvalue weighted by Gasteiger charge is -2.27. The first kappa shape index (κ1) is 13.6. The van der Waals surface area contributed by atoms with E-state index in [0.29, 0.717) is 11.5 Å². The molecule has 1 fully saturated rings. The molecular weight excluding hydrogens is 278 g/mol. The molecule has 1 unspecified atom stereocenters. The van der Waals surface area contributed by atoms with Gasteiger partial charge < -0.3 is 10.1 Å². The number of hydrogen-bond acceptors (Lipinski definition) is 7.